The number of hydrogen-bond donors (Lipinski definition) is 0. The van der Waals surface area contributed by atoms with Gasteiger partial charge in [0.25, 0.3) is 5.92 Å². The maximum Gasteiger partial charge on any atom is 0.494 e. The van der Waals surface area contributed by atoms with Gasteiger partial charge in [0.05, 0.1) is 11.2 Å². The predicted molar refractivity (Wildman–Crippen MR) is 83.7 cm³/mol. The first-order chi connectivity index (χ1) is 10.0. The molecule has 0 aromatic heterocycles. The number of allylic oxidation sites excluding steroid dienone is 4. The van der Waals surface area contributed by atoms with Gasteiger partial charge < -0.3 is 9.31 Å². The van der Waals surface area contributed by atoms with Gasteiger partial charge in [0.2, 0.25) is 0 Å². The lowest BCUT2D eigenvalue weighted by atomic mass is 9.65. The van der Waals surface area contributed by atoms with E-state index in [1.165, 1.54) is 0 Å². The van der Waals surface area contributed by atoms with Crippen molar-refractivity contribution in [2.75, 3.05) is 0 Å². The van der Waals surface area contributed by atoms with E-state index in [2.05, 4.69) is 6.08 Å². The van der Waals surface area contributed by atoms with Crippen LogP contribution in [0.4, 0.5) is 8.78 Å². The van der Waals surface area contributed by atoms with E-state index in [1.54, 1.807) is 6.08 Å². The Bertz CT molecular complexity index is 521. The molecule has 1 heterocycles. The third-order valence-electron chi connectivity index (χ3n) is 5.77. The molecule has 1 aliphatic heterocycles. The molecule has 2 fully saturated rings. The van der Waals surface area contributed by atoms with Crippen LogP contribution in [0.15, 0.2) is 23.2 Å². The third-order valence-corrected chi connectivity index (χ3v) is 5.77. The highest BCUT2D eigenvalue weighted by atomic mass is 19.3. The van der Waals surface area contributed by atoms with E-state index in [4.69, 9.17) is 9.31 Å². The summed E-state index contributed by atoms with van der Waals surface area (Å²) in [5.41, 5.74) is 0.121. The summed E-state index contributed by atoms with van der Waals surface area (Å²) in [5, 5.41) is 0. The molecule has 0 N–H and O–H groups in total. The number of halogens is 2. The minimum Gasteiger partial charge on any atom is -0.399 e. The van der Waals surface area contributed by atoms with Gasteiger partial charge in [-0.25, -0.2) is 8.78 Å². The van der Waals surface area contributed by atoms with Gasteiger partial charge in [0.15, 0.2) is 0 Å². The van der Waals surface area contributed by atoms with Crippen LogP contribution < -0.4 is 0 Å². The molecule has 2 unspecified atom stereocenters. The Morgan fingerprint density at radius 2 is 1.73 bits per heavy atom. The van der Waals surface area contributed by atoms with E-state index in [9.17, 15) is 8.78 Å². The van der Waals surface area contributed by atoms with Crippen molar-refractivity contribution in [3.8, 4) is 0 Å². The van der Waals surface area contributed by atoms with Crippen LogP contribution in [0.5, 0.6) is 0 Å². The van der Waals surface area contributed by atoms with Crippen molar-refractivity contribution in [1.29, 1.82) is 0 Å². The van der Waals surface area contributed by atoms with Gasteiger partial charge in [0, 0.05) is 12.0 Å². The Balaban J connectivity index is 1.92. The van der Waals surface area contributed by atoms with Crippen LogP contribution >= 0.6 is 0 Å². The molecule has 2 aliphatic carbocycles. The number of rotatable bonds is 1. The zero-order valence-electron chi connectivity index (χ0n) is 14.1. The Labute approximate surface area is 132 Å². The van der Waals surface area contributed by atoms with E-state index in [1.807, 2.05) is 34.6 Å². The second-order valence-electron chi connectivity index (χ2n) is 7.92. The molecule has 2 atom stereocenters. The molecule has 0 spiro atoms. The molecule has 0 aromatic rings. The molecule has 0 radical (unpaired) electrons. The summed E-state index contributed by atoms with van der Waals surface area (Å²) in [6.45, 7) is 9.93. The highest BCUT2D eigenvalue weighted by Crippen LogP contribution is 2.49. The summed E-state index contributed by atoms with van der Waals surface area (Å²) in [5.74, 6) is -2.64. The normalized spacial score (nSPS) is 35.7. The van der Waals surface area contributed by atoms with Crippen LogP contribution in [0, 0.1) is 11.8 Å². The minimum atomic E-state index is -2.69. The average Bonchev–Trinajstić information content (AvgIpc) is 2.59. The predicted octanol–water partition coefficient (Wildman–Crippen LogP) is 4.56. The second-order valence-corrected chi connectivity index (χ2v) is 7.92. The summed E-state index contributed by atoms with van der Waals surface area (Å²) in [7, 11) is -0.557. The van der Waals surface area contributed by atoms with Gasteiger partial charge in [-0.2, -0.15) is 0 Å². The summed E-state index contributed by atoms with van der Waals surface area (Å²) in [6.07, 6.45) is 5.09. The van der Waals surface area contributed by atoms with Crippen molar-refractivity contribution >= 4 is 7.12 Å². The third kappa shape index (κ3) is 2.46. The van der Waals surface area contributed by atoms with Gasteiger partial charge in [-0.15, -0.1) is 0 Å². The van der Waals surface area contributed by atoms with Gasteiger partial charge >= 0.3 is 7.12 Å². The second kappa shape index (κ2) is 4.91. The van der Waals surface area contributed by atoms with Crippen molar-refractivity contribution in [3.63, 3.8) is 0 Å². The first-order valence-corrected chi connectivity index (χ1v) is 8.21. The molecule has 22 heavy (non-hydrogen) atoms. The molecule has 5 heteroatoms. The summed E-state index contributed by atoms with van der Waals surface area (Å²) >= 11 is 0. The smallest absolute Gasteiger partial charge is 0.399 e. The quantitative estimate of drug-likeness (QED) is 0.661. The minimum absolute atomic E-state index is 0.0430. The first kappa shape index (κ1) is 16.2. The fourth-order valence-corrected chi connectivity index (χ4v) is 3.65. The van der Waals surface area contributed by atoms with Gasteiger partial charge in [-0.1, -0.05) is 19.1 Å². The van der Waals surface area contributed by atoms with Crippen molar-refractivity contribution in [2.24, 2.45) is 11.8 Å². The van der Waals surface area contributed by atoms with E-state index in [0.717, 1.165) is 11.9 Å². The molecular formula is C17H25BF2O2. The molecule has 3 aliphatic rings. The number of hydrogen-bond acceptors (Lipinski definition) is 2. The molecular weight excluding hydrogens is 285 g/mol. The Morgan fingerprint density at radius 1 is 1.14 bits per heavy atom. The maximum atomic E-state index is 14.3. The maximum absolute atomic E-state index is 14.3. The topological polar surface area (TPSA) is 18.5 Å². The van der Waals surface area contributed by atoms with Crippen molar-refractivity contribution in [1.82, 2.24) is 0 Å². The Kier molecular flexibility index (Phi) is 3.61. The van der Waals surface area contributed by atoms with Crippen LogP contribution in [0.2, 0.25) is 0 Å². The Morgan fingerprint density at radius 3 is 2.32 bits per heavy atom. The van der Waals surface area contributed by atoms with E-state index in [0.29, 0.717) is 6.42 Å². The molecule has 0 aromatic carbocycles. The van der Waals surface area contributed by atoms with Gasteiger partial charge in [-0.05, 0) is 57.8 Å². The molecule has 1 saturated heterocycles. The zero-order valence-corrected chi connectivity index (χ0v) is 14.1. The molecule has 1 saturated carbocycles. The monoisotopic (exact) mass is 310 g/mol. The van der Waals surface area contributed by atoms with Crippen LogP contribution in [0.3, 0.4) is 0 Å². The molecule has 122 valence electrons. The van der Waals surface area contributed by atoms with Gasteiger partial charge in [-0.3, -0.25) is 0 Å². The SMILES string of the molecule is CC1C=C(B2OC(C)(C)C(C)(C)O2)C=C2C1CCCC2(F)F. The summed E-state index contributed by atoms with van der Waals surface area (Å²) in [4.78, 5) is 0. The molecule has 0 amide bonds. The molecule has 0 bridgehead atoms. The van der Waals surface area contributed by atoms with Crippen molar-refractivity contribution in [2.45, 2.75) is 71.0 Å². The summed E-state index contributed by atoms with van der Waals surface area (Å²) < 4.78 is 40.6. The fraction of sp³-hybridized carbons (Fsp3) is 0.765. The molecule has 3 rings (SSSR count). The molecule has 2 nitrogen and oxygen atoms in total. The van der Waals surface area contributed by atoms with Crippen molar-refractivity contribution < 1.29 is 18.1 Å². The van der Waals surface area contributed by atoms with Gasteiger partial charge in [0.1, 0.15) is 0 Å². The van der Waals surface area contributed by atoms with E-state index < -0.39 is 24.2 Å². The highest BCUT2D eigenvalue weighted by Gasteiger charge is 2.53. The fourth-order valence-electron chi connectivity index (χ4n) is 3.65. The zero-order chi connectivity index (χ0) is 16.3. The van der Waals surface area contributed by atoms with E-state index >= 15 is 0 Å². The lowest BCUT2D eigenvalue weighted by Crippen LogP contribution is -2.41. The van der Waals surface area contributed by atoms with Crippen LogP contribution in [0.1, 0.15) is 53.9 Å². The summed E-state index contributed by atoms with van der Waals surface area (Å²) in [6, 6.07) is 0. The lowest BCUT2D eigenvalue weighted by Gasteiger charge is -2.38. The lowest BCUT2D eigenvalue weighted by molar-refractivity contribution is -0.00191. The largest absolute Gasteiger partial charge is 0.494 e. The van der Waals surface area contributed by atoms with Crippen molar-refractivity contribution in [3.05, 3.63) is 23.2 Å². The Hall–Kier alpha value is -0.675. The average molecular weight is 310 g/mol. The van der Waals surface area contributed by atoms with Crippen LogP contribution in [-0.4, -0.2) is 24.2 Å². The highest BCUT2D eigenvalue weighted by molar-refractivity contribution is 6.55. The van der Waals surface area contributed by atoms with Crippen LogP contribution in [0.25, 0.3) is 0 Å². The van der Waals surface area contributed by atoms with E-state index in [-0.39, 0.29) is 23.8 Å². The number of alkyl halides is 2. The van der Waals surface area contributed by atoms with Crippen LogP contribution in [-0.2, 0) is 9.31 Å². The first-order valence-electron chi connectivity index (χ1n) is 8.21. The standard InChI is InChI=1S/C17H25BF2O2/c1-11-9-12(18-21-15(2,3)16(4,5)22-18)10-14-13(11)7-6-8-17(14,19)20/h9-11,13H,6-8H2,1-5H3. The number of fused-ring (bicyclic) bond motifs is 1.